The second kappa shape index (κ2) is 11.2. The zero-order valence-electron chi connectivity index (χ0n) is 15.7. The Hall–Kier alpha value is -2.44. The molecule has 1 aromatic carbocycles. The fraction of sp³-hybridized carbons (Fsp3) is 0.579. The number of nitrogens with zero attached hydrogens (tertiary/aromatic N) is 1. The van der Waals surface area contributed by atoms with Crippen molar-refractivity contribution in [3.63, 3.8) is 0 Å². The van der Waals surface area contributed by atoms with E-state index >= 15 is 0 Å². The summed E-state index contributed by atoms with van der Waals surface area (Å²) in [5, 5.41) is 6.60. The summed E-state index contributed by atoms with van der Waals surface area (Å²) in [5.41, 5.74) is 1.19. The van der Waals surface area contributed by atoms with E-state index in [2.05, 4.69) is 26.4 Å². The van der Waals surface area contributed by atoms with Gasteiger partial charge in [0.25, 0.3) is 0 Å². The van der Waals surface area contributed by atoms with E-state index in [1.807, 2.05) is 19.1 Å². The number of benzene rings is 1. The van der Waals surface area contributed by atoms with Crippen LogP contribution in [-0.2, 0) is 16.0 Å². The van der Waals surface area contributed by atoms with Gasteiger partial charge in [0.15, 0.2) is 17.5 Å². The third-order valence-corrected chi connectivity index (χ3v) is 4.02. The maximum absolute atomic E-state index is 11.1. The highest BCUT2D eigenvalue weighted by molar-refractivity contribution is 5.79. The molecule has 1 heterocycles. The second-order valence-electron chi connectivity index (χ2n) is 6.01. The summed E-state index contributed by atoms with van der Waals surface area (Å²) in [5.74, 6) is 2.30. The summed E-state index contributed by atoms with van der Waals surface area (Å²) in [4.78, 5) is 15.6. The van der Waals surface area contributed by atoms with Gasteiger partial charge < -0.3 is 24.8 Å². The zero-order valence-corrected chi connectivity index (χ0v) is 15.7. The average Bonchev–Trinajstić information content (AvgIpc) is 3.12. The lowest BCUT2D eigenvalue weighted by Crippen LogP contribution is -2.38. The van der Waals surface area contributed by atoms with Crippen molar-refractivity contribution in [3.8, 4) is 11.5 Å². The van der Waals surface area contributed by atoms with E-state index < -0.39 is 0 Å². The number of carbonyl (C=O) groups excluding carboxylic acids is 1. The van der Waals surface area contributed by atoms with Crippen LogP contribution >= 0.6 is 0 Å². The minimum Gasteiger partial charge on any atom is -0.469 e. The van der Waals surface area contributed by atoms with Crippen molar-refractivity contribution in [2.45, 2.75) is 39.0 Å². The van der Waals surface area contributed by atoms with Crippen LogP contribution in [0.1, 0.15) is 38.2 Å². The summed E-state index contributed by atoms with van der Waals surface area (Å²) in [6, 6.07) is 6.03. The zero-order chi connectivity index (χ0) is 18.6. The molecule has 7 nitrogen and oxygen atoms in total. The number of methoxy groups -OCH3 is 1. The predicted molar refractivity (Wildman–Crippen MR) is 101 cm³/mol. The molecule has 26 heavy (non-hydrogen) atoms. The molecule has 1 aliphatic rings. The van der Waals surface area contributed by atoms with Gasteiger partial charge in [0.1, 0.15) is 0 Å². The van der Waals surface area contributed by atoms with E-state index in [4.69, 9.17) is 9.47 Å². The van der Waals surface area contributed by atoms with Gasteiger partial charge >= 0.3 is 5.97 Å². The Labute approximate surface area is 155 Å². The number of esters is 1. The molecule has 1 aromatic rings. The molecule has 0 radical (unpaired) electrons. The van der Waals surface area contributed by atoms with Crippen LogP contribution in [0, 0.1) is 0 Å². The molecule has 0 saturated carbocycles. The number of guanidine groups is 1. The Balaban J connectivity index is 1.67. The third kappa shape index (κ3) is 6.82. The van der Waals surface area contributed by atoms with E-state index in [0.29, 0.717) is 13.2 Å². The van der Waals surface area contributed by atoms with Crippen LogP contribution in [0.5, 0.6) is 11.5 Å². The molecule has 0 fully saturated rings. The first-order chi connectivity index (χ1) is 12.7. The molecule has 2 N–H and O–H groups in total. The Morgan fingerprint density at radius 1 is 1.19 bits per heavy atom. The molecule has 0 atom stereocenters. The topological polar surface area (TPSA) is 81.2 Å². The first-order valence-corrected chi connectivity index (χ1v) is 9.20. The number of carbonyl (C=O) groups is 1. The Bertz CT molecular complexity index is 604. The fourth-order valence-corrected chi connectivity index (χ4v) is 2.61. The van der Waals surface area contributed by atoms with E-state index in [0.717, 1.165) is 62.8 Å². The molecule has 2 rings (SSSR count). The molecule has 0 aliphatic carbocycles. The molecule has 144 valence electrons. The largest absolute Gasteiger partial charge is 0.469 e. The van der Waals surface area contributed by atoms with Crippen molar-refractivity contribution >= 4 is 11.9 Å². The minimum absolute atomic E-state index is 0.146. The SMILES string of the molecule is CCNC(=NCCCCCC(=O)OC)NCCc1ccc2c(c1)OCO2. The van der Waals surface area contributed by atoms with Gasteiger partial charge in [0.2, 0.25) is 6.79 Å². The number of aliphatic imine (C=N–C) groups is 1. The maximum Gasteiger partial charge on any atom is 0.305 e. The van der Waals surface area contributed by atoms with Crippen molar-refractivity contribution in [3.05, 3.63) is 23.8 Å². The van der Waals surface area contributed by atoms with E-state index in [-0.39, 0.29) is 5.97 Å². The Morgan fingerprint density at radius 2 is 2.04 bits per heavy atom. The van der Waals surface area contributed by atoms with Crippen LogP contribution in [0.25, 0.3) is 0 Å². The van der Waals surface area contributed by atoms with Gasteiger partial charge in [-0.1, -0.05) is 12.5 Å². The van der Waals surface area contributed by atoms with Gasteiger partial charge in [-0.15, -0.1) is 0 Å². The Kier molecular flexibility index (Phi) is 8.59. The minimum atomic E-state index is -0.146. The number of hydrogen-bond donors (Lipinski definition) is 2. The predicted octanol–water partition coefficient (Wildman–Crippen LogP) is 2.25. The quantitative estimate of drug-likeness (QED) is 0.287. The van der Waals surface area contributed by atoms with Crippen molar-refractivity contribution in [1.29, 1.82) is 0 Å². The van der Waals surface area contributed by atoms with E-state index in [1.54, 1.807) is 0 Å². The number of nitrogens with one attached hydrogen (secondary N) is 2. The summed E-state index contributed by atoms with van der Waals surface area (Å²) < 4.78 is 15.4. The van der Waals surface area contributed by atoms with Gasteiger partial charge in [-0.25, -0.2) is 0 Å². The number of hydrogen-bond acceptors (Lipinski definition) is 5. The molecule has 7 heteroatoms. The first kappa shape index (κ1) is 19.9. The van der Waals surface area contributed by atoms with Crippen molar-refractivity contribution in [1.82, 2.24) is 10.6 Å². The van der Waals surface area contributed by atoms with Crippen LogP contribution in [-0.4, -0.2) is 45.5 Å². The molecular formula is C19H29N3O4. The van der Waals surface area contributed by atoms with Gasteiger partial charge in [0.05, 0.1) is 7.11 Å². The number of unbranched alkanes of at least 4 members (excludes halogenated alkanes) is 2. The molecule has 0 unspecified atom stereocenters. The molecule has 0 spiro atoms. The highest BCUT2D eigenvalue weighted by Gasteiger charge is 2.12. The summed E-state index contributed by atoms with van der Waals surface area (Å²) in [6.45, 7) is 4.69. The van der Waals surface area contributed by atoms with Gasteiger partial charge in [-0.05, 0) is 43.9 Å². The van der Waals surface area contributed by atoms with Crippen LogP contribution in [0.2, 0.25) is 0 Å². The lowest BCUT2D eigenvalue weighted by Gasteiger charge is -2.11. The smallest absolute Gasteiger partial charge is 0.305 e. The second-order valence-corrected chi connectivity index (χ2v) is 6.01. The van der Waals surface area contributed by atoms with Crippen molar-refractivity contribution < 1.29 is 19.0 Å². The van der Waals surface area contributed by atoms with Crippen molar-refractivity contribution in [2.24, 2.45) is 4.99 Å². The van der Waals surface area contributed by atoms with Crippen LogP contribution in [0.4, 0.5) is 0 Å². The third-order valence-electron chi connectivity index (χ3n) is 4.02. The highest BCUT2D eigenvalue weighted by Crippen LogP contribution is 2.32. The highest BCUT2D eigenvalue weighted by atomic mass is 16.7. The average molecular weight is 363 g/mol. The number of rotatable bonds is 10. The van der Waals surface area contributed by atoms with Gasteiger partial charge in [-0.3, -0.25) is 9.79 Å². The van der Waals surface area contributed by atoms with Crippen LogP contribution in [0.3, 0.4) is 0 Å². The summed E-state index contributed by atoms with van der Waals surface area (Å²) in [6.07, 6.45) is 4.12. The molecular weight excluding hydrogens is 334 g/mol. The lowest BCUT2D eigenvalue weighted by atomic mass is 10.1. The van der Waals surface area contributed by atoms with Gasteiger partial charge in [-0.2, -0.15) is 0 Å². The molecule has 0 amide bonds. The fourth-order valence-electron chi connectivity index (χ4n) is 2.61. The summed E-state index contributed by atoms with van der Waals surface area (Å²) in [7, 11) is 1.42. The molecule has 0 aromatic heterocycles. The summed E-state index contributed by atoms with van der Waals surface area (Å²) >= 11 is 0. The monoisotopic (exact) mass is 363 g/mol. The van der Waals surface area contributed by atoms with E-state index in [1.165, 1.54) is 12.7 Å². The molecule has 1 aliphatic heterocycles. The van der Waals surface area contributed by atoms with Crippen LogP contribution < -0.4 is 20.1 Å². The van der Waals surface area contributed by atoms with Crippen LogP contribution in [0.15, 0.2) is 23.2 Å². The van der Waals surface area contributed by atoms with E-state index in [9.17, 15) is 4.79 Å². The molecule has 0 bridgehead atoms. The molecule has 0 saturated heterocycles. The standard InChI is InChI=1S/C19H29N3O4/c1-3-20-19(21-11-6-4-5-7-18(23)24-2)22-12-10-15-8-9-16-17(13-15)26-14-25-16/h8-9,13H,3-7,10-12,14H2,1-2H3,(H2,20,21,22). The number of ether oxygens (including phenoxy) is 3. The Morgan fingerprint density at radius 3 is 2.85 bits per heavy atom. The maximum atomic E-state index is 11.1. The number of fused-ring (bicyclic) bond motifs is 1. The first-order valence-electron chi connectivity index (χ1n) is 9.20. The van der Waals surface area contributed by atoms with Gasteiger partial charge in [0, 0.05) is 26.1 Å². The lowest BCUT2D eigenvalue weighted by molar-refractivity contribution is -0.140. The normalized spacial score (nSPS) is 12.8. The van der Waals surface area contributed by atoms with Crippen molar-refractivity contribution in [2.75, 3.05) is 33.5 Å².